The Morgan fingerprint density at radius 3 is 2.68 bits per heavy atom. The highest BCUT2D eigenvalue weighted by Crippen LogP contribution is 2.22. The van der Waals surface area contributed by atoms with Crippen LogP contribution in [0.25, 0.3) is 10.9 Å². The predicted molar refractivity (Wildman–Crippen MR) is 98.9 cm³/mol. The highest BCUT2D eigenvalue weighted by Gasteiger charge is 2.24. The third kappa shape index (κ3) is 3.53. The molecule has 1 fully saturated rings. The number of aromatic nitrogens is 1. The van der Waals surface area contributed by atoms with Gasteiger partial charge in [-0.1, -0.05) is 24.3 Å². The predicted octanol–water partition coefficient (Wildman–Crippen LogP) is 4.10. The average Bonchev–Trinajstić information content (AvgIpc) is 3.15. The summed E-state index contributed by atoms with van der Waals surface area (Å²) in [5, 5.41) is 1.13. The van der Waals surface area contributed by atoms with E-state index in [1.54, 1.807) is 0 Å². The summed E-state index contributed by atoms with van der Waals surface area (Å²) in [4.78, 5) is 17.9. The summed E-state index contributed by atoms with van der Waals surface area (Å²) in [6.45, 7) is 2.31. The summed E-state index contributed by atoms with van der Waals surface area (Å²) >= 11 is 0. The van der Waals surface area contributed by atoms with Gasteiger partial charge in [0, 0.05) is 30.4 Å². The number of amides is 1. The van der Waals surface area contributed by atoms with Crippen LogP contribution in [-0.4, -0.2) is 35.5 Å². The summed E-state index contributed by atoms with van der Waals surface area (Å²) in [5.74, 6) is 1.55. The number of rotatable bonds is 4. The zero-order chi connectivity index (χ0) is 17.1. The van der Waals surface area contributed by atoms with Crippen LogP contribution in [0.1, 0.15) is 23.2 Å². The Kier molecular flexibility index (Phi) is 4.42. The first-order valence-corrected chi connectivity index (χ1v) is 8.84. The molecular weight excluding hydrogens is 312 g/mol. The molecule has 0 bridgehead atoms. The van der Waals surface area contributed by atoms with Crippen LogP contribution < -0.4 is 4.74 Å². The van der Waals surface area contributed by atoms with Crippen molar-refractivity contribution >= 4 is 16.8 Å². The fourth-order valence-electron chi connectivity index (χ4n) is 3.40. The van der Waals surface area contributed by atoms with E-state index in [9.17, 15) is 4.79 Å². The molecule has 1 aliphatic rings. The molecule has 1 N–H and O–H groups in total. The second kappa shape index (κ2) is 7.01. The van der Waals surface area contributed by atoms with Crippen LogP contribution in [0.4, 0.5) is 0 Å². The molecule has 1 aromatic heterocycles. The fourth-order valence-corrected chi connectivity index (χ4v) is 3.40. The number of ether oxygens (including phenoxy) is 1. The lowest BCUT2D eigenvalue weighted by molar-refractivity contribution is 0.0661. The molecule has 4 nitrogen and oxygen atoms in total. The molecule has 0 radical (unpaired) electrons. The molecule has 128 valence electrons. The first-order valence-electron chi connectivity index (χ1n) is 8.84. The molecule has 1 amide bonds. The molecule has 0 aliphatic carbocycles. The number of hydrogen-bond acceptors (Lipinski definition) is 2. The molecule has 2 heterocycles. The smallest absolute Gasteiger partial charge is 0.253 e. The van der Waals surface area contributed by atoms with Crippen LogP contribution in [0.2, 0.25) is 0 Å². The maximum absolute atomic E-state index is 12.7. The third-order valence-corrected chi connectivity index (χ3v) is 4.93. The molecule has 3 aromatic rings. The van der Waals surface area contributed by atoms with Gasteiger partial charge in [0.25, 0.3) is 5.91 Å². The molecule has 0 spiro atoms. The van der Waals surface area contributed by atoms with Crippen LogP contribution in [0, 0.1) is 5.92 Å². The van der Waals surface area contributed by atoms with Crippen molar-refractivity contribution in [2.45, 2.75) is 12.8 Å². The molecular formula is C21H22N2O2. The molecule has 0 saturated carbocycles. The lowest BCUT2D eigenvalue weighted by Crippen LogP contribution is -2.39. The molecule has 2 aromatic carbocycles. The van der Waals surface area contributed by atoms with Gasteiger partial charge in [-0.25, -0.2) is 0 Å². The number of carbonyl (C=O) groups is 1. The zero-order valence-corrected chi connectivity index (χ0v) is 14.2. The van der Waals surface area contributed by atoms with Gasteiger partial charge in [-0.2, -0.15) is 0 Å². The Morgan fingerprint density at radius 1 is 1.08 bits per heavy atom. The summed E-state index contributed by atoms with van der Waals surface area (Å²) in [5.41, 5.74) is 1.77. The lowest BCUT2D eigenvalue weighted by Gasteiger charge is -2.32. The summed E-state index contributed by atoms with van der Waals surface area (Å²) < 4.78 is 5.86. The van der Waals surface area contributed by atoms with E-state index in [0.29, 0.717) is 5.92 Å². The normalized spacial score (nSPS) is 15.4. The number of para-hydroxylation sites is 1. The van der Waals surface area contributed by atoms with Crippen molar-refractivity contribution in [3.05, 3.63) is 66.4 Å². The molecule has 4 heteroatoms. The fraction of sp³-hybridized carbons (Fsp3) is 0.286. The van der Waals surface area contributed by atoms with Crippen LogP contribution in [0.3, 0.4) is 0 Å². The second-order valence-corrected chi connectivity index (χ2v) is 6.64. The Labute approximate surface area is 147 Å². The largest absolute Gasteiger partial charge is 0.493 e. The van der Waals surface area contributed by atoms with Gasteiger partial charge in [0.05, 0.1) is 6.61 Å². The Bertz CT molecular complexity index is 848. The Hall–Kier alpha value is -2.75. The topological polar surface area (TPSA) is 45.3 Å². The second-order valence-electron chi connectivity index (χ2n) is 6.64. The first-order chi connectivity index (χ1) is 12.3. The summed E-state index contributed by atoms with van der Waals surface area (Å²) in [7, 11) is 0. The molecule has 4 rings (SSSR count). The van der Waals surface area contributed by atoms with Crippen molar-refractivity contribution in [2.24, 2.45) is 5.92 Å². The van der Waals surface area contributed by atoms with E-state index in [2.05, 4.69) is 4.98 Å². The van der Waals surface area contributed by atoms with Gasteiger partial charge in [0.1, 0.15) is 5.75 Å². The van der Waals surface area contributed by atoms with E-state index in [4.69, 9.17) is 4.74 Å². The minimum absolute atomic E-state index is 0.124. The maximum Gasteiger partial charge on any atom is 0.253 e. The quantitative estimate of drug-likeness (QED) is 0.781. The van der Waals surface area contributed by atoms with Crippen molar-refractivity contribution in [1.82, 2.24) is 9.88 Å². The van der Waals surface area contributed by atoms with Gasteiger partial charge in [-0.15, -0.1) is 0 Å². The number of piperidine rings is 1. The van der Waals surface area contributed by atoms with Crippen molar-refractivity contribution < 1.29 is 9.53 Å². The molecule has 1 aliphatic heterocycles. The van der Waals surface area contributed by atoms with E-state index in [-0.39, 0.29) is 5.91 Å². The van der Waals surface area contributed by atoms with E-state index in [0.717, 1.165) is 54.8 Å². The zero-order valence-electron chi connectivity index (χ0n) is 14.2. The third-order valence-electron chi connectivity index (χ3n) is 4.93. The number of nitrogens with one attached hydrogen (secondary N) is 1. The van der Waals surface area contributed by atoms with Crippen LogP contribution in [0.15, 0.2) is 60.8 Å². The summed E-state index contributed by atoms with van der Waals surface area (Å²) in [6, 6.07) is 17.8. The minimum Gasteiger partial charge on any atom is -0.493 e. The van der Waals surface area contributed by atoms with Gasteiger partial charge in [0.2, 0.25) is 0 Å². The summed E-state index contributed by atoms with van der Waals surface area (Å²) in [6.07, 6.45) is 3.88. The first kappa shape index (κ1) is 15.8. The number of carbonyl (C=O) groups excluding carboxylic acids is 1. The number of H-pyrrole nitrogens is 1. The monoisotopic (exact) mass is 334 g/mol. The van der Waals surface area contributed by atoms with E-state index in [1.165, 1.54) is 0 Å². The molecule has 1 saturated heterocycles. The number of aromatic amines is 1. The lowest BCUT2D eigenvalue weighted by atomic mass is 9.97. The van der Waals surface area contributed by atoms with Crippen LogP contribution >= 0.6 is 0 Å². The van der Waals surface area contributed by atoms with Crippen molar-refractivity contribution in [1.29, 1.82) is 0 Å². The molecule has 0 unspecified atom stereocenters. The van der Waals surface area contributed by atoms with Crippen molar-refractivity contribution in [3.63, 3.8) is 0 Å². The van der Waals surface area contributed by atoms with Crippen LogP contribution in [0.5, 0.6) is 5.75 Å². The van der Waals surface area contributed by atoms with Gasteiger partial charge >= 0.3 is 0 Å². The number of likely N-dealkylation sites (tertiary alicyclic amines) is 1. The van der Waals surface area contributed by atoms with E-state index >= 15 is 0 Å². The van der Waals surface area contributed by atoms with E-state index in [1.807, 2.05) is 65.7 Å². The van der Waals surface area contributed by atoms with Gasteiger partial charge in [-0.3, -0.25) is 4.79 Å². The number of nitrogens with zero attached hydrogens (tertiary/aromatic N) is 1. The molecule has 0 atom stereocenters. The number of benzene rings is 2. The average molecular weight is 334 g/mol. The highest BCUT2D eigenvalue weighted by atomic mass is 16.5. The van der Waals surface area contributed by atoms with Gasteiger partial charge in [0.15, 0.2) is 0 Å². The Morgan fingerprint density at radius 2 is 1.88 bits per heavy atom. The van der Waals surface area contributed by atoms with Gasteiger partial charge < -0.3 is 14.6 Å². The van der Waals surface area contributed by atoms with E-state index < -0.39 is 0 Å². The minimum atomic E-state index is 0.124. The van der Waals surface area contributed by atoms with Gasteiger partial charge in [-0.05, 0) is 54.5 Å². The number of hydrogen-bond donors (Lipinski definition) is 1. The highest BCUT2D eigenvalue weighted by molar-refractivity contribution is 5.97. The molecule has 25 heavy (non-hydrogen) atoms. The SMILES string of the molecule is O=C(c1ccc2cc[nH]c2c1)N1CCC(COc2ccccc2)CC1. The van der Waals surface area contributed by atoms with Crippen LogP contribution in [-0.2, 0) is 0 Å². The van der Waals surface area contributed by atoms with Crippen molar-refractivity contribution in [3.8, 4) is 5.75 Å². The Balaban J connectivity index is 1.32. The van der Waals surface area contributed by atoms with Crippen molar-refractivity contribution in [2.75, 3.05) is 19.7 Å². The number of fused-ring (bicyclic) bond motifs is 1. The standard InChI is InChI=1S/C21H22N2O2/c24-21(18-7-6-17-8-11-22-20(17)14-18)23-12-9-16(10-13-23)15-25-19-4-2-1-3-5-19/h1-8,11,14,16,22H,9-10,12-13,15H2. The maximum atomic E-state index is 12.7.